The molecule has 0 saturated carbocycles. The molecule has 0 amide bonds. The fourth-order valence-electron chi connectivity index (χ4n) is 3.86. The van der Waals surface area contributed by atoms with E-state index >= 15 is 0 Å². The van der Waals surface area contributed by atoms with Crippen LogP contribution in [0.2, 0.25) is 0 Å². The van der Waals surface area contributed by atoms with E-state index < -0.39 is 28.2 Å². The number of aromatic nitrogens is 5. The number of nitrogens with zero attached hydrogens (tertiary/aromatic N) is 6. The topological polar surface area (TPSA) is 115 Å². The molecule has 1 aliphatic rings. The van der Waals surface area contributed by atoms with Gasteiger partial charge in [-0.25, -0.2) is 41.4 Å². The van der Waals surface area contributed by atoms with E-state index in [1.165, 1.54) is 29.2 Å². The molecule has 0 bridgehead atoms. The molecule has 0 aromatic carbocycles. The normalized spacial score (nSPS) is 21.1. The summed E-state index contributed by atoms with van der Waals surface area (Å²) in [6.45, 7) is 6.38. The summed E-state index contributed by atoms with van der Waals surface area (Å²) in [7, 11) is -3.38. The number of sulfonamides is 1. The van der Waals surface area contributed by atoms with Crippen molar-refractivity contribution in [1.29, 1.82) is 0 Å². The summed E-state index contributed by atoms with van der Waals surface area (Å²) in [5, 5.41) is 4.00. The molecule has 0 aliphatic carbocycles. The standard InChI is InChI=1S/C20H25F2N7O3S/c1-12-16(9-26-33(4,30)31)32-20(2,3)10-28(12)18-7-14(24-11-25-18)15-8-23-17-6-5-13(19(21)22)27-29(15)17/h5-8,11-12,16,19,26H,9-10H2,1-4H3. The predicted molar refractivity (Wildman–Crippen MR) is 118 cm³/mol. The molecule has 1 saturated heterocycles. The SMILES string of the molecule is CC1C(CNS(C)(=O)=O)OC(C)(C)CN1c1cc(-c2cnc3ccc(C(F)F)nn23)ncn1. The number of nitrogens with one attached hydrogen (secondary N) is 1. The van der Waals surface area contributed by atoms with Crippen molar-refractivity contribution in [1.82, 2.24) is 29.3 Å². The molecule has 10 nitrogen and oxygen atoms in total. The first-order valence-corrected chi connectivity index (χ1v) is 12.2. The van der Waals surface area contributed by atoms with Crippen LogP contribution in [0.15, 0.2) is 30.7 Å². The van der Waals surface area contributed by atoms with Crippen LogP contribution in [0.25, 0.3) is 17.0 Å². The van der Waals surface area contributed by atoms with Crippen molar-refractivity contribution in [3.63, 3.8) is 0 Å². The second-order valence-electron chi connectivity index (χ2n) is 8.64. The number of imidazole rings is 1. The highest BCUT2D eigenvalue weighted by Gasteiger charge is 2.39. The van der Waals surface area contributed by atoms with E-state index in [9.17, 15) is 17.2 Å². The van der Waals surface area contributed by atoms with Gasteiger partial charge < -0.3 is 9.64 Å². The smallest absolute Gasteiger partial charge is 0.282 e. The van der Waals surface area contributed by atoms with E-state index in [0.29, 0.717) is 29.4 Å². The van der Waals surface area contributed by atoms with Gasteiger partial charge in [-0.05, 0) is 32.9 Å². The van der Waals surface area contributed by atoms with Gasteiger partial charge >= 0.3 is 0 Å². The predicted octanol–water partition coefficient (Wildman–Crippen LogP) is 2.05. The van der Waals surface area contributed by atoms with Gasteiger partial charge in [0, 0.05) is 19.2 Å². The summed E-state index contributed by atoms with van der Waals surface area (Å²) in [6.07, 6.45) is 0.881. The van der Waals surface area contributed by atoms with E-state index in [1.807, 2.05) is 25.7 Å². The number of halogens is 2. The molecule has 33 heavy (non-hydrogen) atoms. The van der Waals surface area contributed by atoms with Crippen LogP contribution >= 0.6 is 0 Å². The molecule has 0 spiro atoms. The van der Waals surface area contributed by atoms with E-state index in [4.69, 9.17) is 4.74 Å². The molecule has 13 heteroatoms. The van der Waals surface area contributed by atoms with Crippen molar-refractivity contribution >= 4 is 21.5 Å². The van der Waals surface area contributed by atoms with Gasteiger partial charge in [0.25, 0.3) is 6.43 Å². The highest BCUT2D eigenvalue weighted by Crippen LogP contribution is 2.31. The monoisotopic (exact) mass is 481 g/mol. The lowest BCUT2D eigenvalue weighted by molar-refractivity contribution is -0.0965. The van der Waals surface area contributed by atoms with Crippen molar-refractivity contribution in [2.45, 2.75) is 44.9 Å². The van der Waals surface area contributed by atoms with Gasteiger partial charge in [-0.15, -0.1) is 0 Å². The zero-order chi connectivity index (χ0) is 24.0. The number of alkyl halides is 2. The van der Waals surface area contributed by atoms with E-state index in [0.717, 1.165) is 6.26 Å². The van der Waals surface area contributed by atoms with Crippen LogP contribution in [0.4, 0.5) is 14.6 Å². The average Bonchev–Trinajstić information content (AvgIpc) is 3.17. The lowest BCUT2D eigenvalue weighted by atomic mass is 10.00. The van der Waals surface area contributed by atoms with Gasteiger partial charge in [0.2, 0.25) is 10.0 Å². The minimum atomic E-state index is -3.38. The fourth-order valence-corrected chi connectivity index (χ4v) is 4.33. The number of fused-ring (bicyclic) bond motifs is 1. The number of morpholine rings is 1. The van der Waals surface area contributed by atoms with Crippen LogP contribution in [0.1, 0.15) is 32.9 Å². The maximum atomic E-state index is 13.1. The van der Waals surface area contributed by atoms with Crippen LogP contribution in [0, 0.1) is 0 Å². The van der Waals surface area contributed by atoms with Gasteiger partial charge in [0.05, 0.1) is 35.9 Å². The van der Waals surface area contributed by atoms with Gasteiger partial charge in [0.1, 0.15) is 23.5 Å². The Kier molecular flexibility index (Phi) is 6.05. The minimum Gasteiger partial charge on any atom is -0.367 e. The van der Waals surface area contributed by atoms with Crippen molar-refractivity contribution in [3.05, 3.63) is 36.4 Å². The first-order chi connectivity index (χ1) is 15.4. The summed E-state index contributed by atoms with van der Waals surface area (Å²) in [4.78, 5) is 15.0. The number of hydrogen-bond acceptors (Lipinski definition) is 8. The third-order valence-corrected chi connectivity index (χ3v) is 6.10. The molecule has 2 atom stereocenters. The molecular formula is C20H25F2N7O3S. The Hall–Kier alpha value is -2.77. The summed E-state index contributed by atoms with van der Waals surface area (Å²) in [6, 6.07) is 4.25. The number of ether oxygens (including phenoxy) is 1. The summed E-state index contributed by atoms with van der Waals surface area (Å²) in [5.41, 5.74) is 0.405. The van der Waals surface area contributed by atoms with Crippen LogP contribution in [0.3, 0.4) is 0 Å². The molecule has 1 aliphatic heterocycles. The third-order valence-electron chi connectivity index (χ3n) is 5.41. The Morgan fingerprint density at radius 3 is 2.73 bits per heavy atom. The number of hydrogen-bond donors (Lipinski definition) is 1. The molecule has 2 unspecified atom stereocenters. The molecule has 3 aromatic heterocycles. The third kappa shape index (κ3) is 5.09. The van der Waals surface area contributed by atoms with E-state index in [-0.39, 0.29) is 18.3 Å². The molecule has 1 N–H and O–H groups in total. The quantitative estimate of drug-likeness (QED) is 0.569. The minimum absolute atomic E-state index is 0.117. The van der Waals surface area contributed by atoms with Crippen LogP contribution in [-0.2, 0) is 14.8 Å². The van der Waals surface area contributed by atoms with Crippen LogP contribution in [-0.4, -0.2) is 70.1 Å². The van der Waals surface area contributed by atoms with Gasteiger partial charge in [0.15, 0.2) is 5.65 Å². The summed E-state index contributed by atoms with van der Waals surface area (Å²) < 4.78 is 59.4. The van der Waals surface area contributed by atoms with Crippen LogP contribution in [0.5, 0.6) is 0 Å². The largest absolute Gasteiger partial charge is 0.367 e. The van der Waals surface area contributed by atoms with Crippen molar-refractivity contribution < 1.29 is 21.9 Å². The van der Waals surface area contributed by atoms with Crippen molar-refractivity contribution in [2.24, 2.45) is 0 Å². The average molecular weight is 482 g/mol. The van der Waals surface area contributed by atoms with Gasteiger partial charge in [-0.3, -0.25) is 0 Å². The second-order valence-corrected chi connectivity index (χ2v) is 10.5. The molecule has 178 valence electrons. The molecule has 3 aromatic rings. The molecule has 1 fully saturated rings. The Morgan fingerprint density at radius 2 is 2.03 bits per heavy atom. The molecular weight excluding hydrogens is 456 g/mol. The van der Waals surface area contributed by atoms with E-state index in [2.05, 4.69) is 24.8 Å². The summed E-state index contributed by atoms with van der Waals surface area (Å²) >= 11 is 0. The zero-order valence-electron chi connectivity index (χ0n) is 18.6. The summed E-state index contributed by atoms with van der Waals surface area (Å²) in [5.74, 6) is 0.591. The van der Waals surface area contributed by atoms with Gasteiger partial charge in [-0.1, -0.05) is 0 Å². The molecule has 4 rings (SSSR count). The Morgan fingerprint density at radius 1 is 1.27 bits per heavy atom. The highest BCUT2D eigenvalue weighted by molar-refractivity contribution is 7.88. The lowest BCUT2D eigenvalue weighted by Crippen LogP contribution is -2.60. The van der Waals surface area contributed by atoms with Crippen molar-refractivity contribution in [3.8, 4) is 11.4 Å². The Labute approximate surface area is 190 Å². The van der Waals surface area contributed by atoms with E-state index in [1.54, 1.807) is 6.07 Å². The van der Waals surface area contributed by atoms with Crippen LogP contribution < -0.4 is 9.62 Å². The number of rotatable bonds is 6. The maximum absolute atomic E-state index is 13.1. The zero-order valence-corrected chi connectivity index (χ0v) is 19.4. The molecule has 4 heterocycles. The lowest BCUT2D eigenvalue weighted by Gasteiger charge is -2.47. The maximum Gasteiger partial charge on any atom is 0.282 e. The fraction of sp³-hybridized carbons (Fsp3) is 0.500. The second kappa shape index (κ2) is 8.54. The first kappa shape index (κ1) is 23.4. The Balaban J connectivity index is 1.68. The number of anilines is 1. The Bertz CT molecular complexity index is 1270. The van der Waals surface area contributed by atoms with Gasteiger partial charge in [-0.2, -0.15) is 5.10 Å². The highest BCUT2D eigenvalue weighted by atomic mass is 32.2. The van der Waals surface area contributed by atoms with Crippen molar-refractivity contribution in [2.75, 3.05) is 24.2 Å². The first-order valence-electron chi connectivity index (χ1n) is 10.3. The molecule has 0 radical (unpaired) electrons.